The van der Waals surface area contributed by atoms with E-state index in [4.69, 9.17) is 18.4 Å². The largest absolute Gasteiger partial charge is 0.537 e. The minimum absolute atomic E-state index is 0.442. The summed E-state index contributed by atoms with van der Waals surface area (Å²) in [6.45, 7) is -0.442. The van der Waals surface area contributed by atoms with Crippen LogP contribution in [0.2, 0.25) is 0 Å². The lowest BCUT2D eigenvalue weighted by atomic mass is 10.4. The molecule has 88 valence electrons. The first-order valence-electron chi connectivity index (χ1n) is 4.66. The zero-order chi connectivity index (χ0) is 12.0. The van der Waals surface area contributed by atoms with Crippen molar-refractivity contribution in [3.05, 3.63) is 30.3 Å². The summed E-state index contributed by atoms with van der Waals surface area (Å²) in [5, 5.41) is 9.34. The third-order valence-corrected chi connectivity index (χ3v) is 4.69. The molecule has 0 heterocycles. The molecule has 0 aliphatic heterocycles. The van der Waals surface area contributed by atoms with E-state index in [-0.39, 0.29) is 0 Å². The van der Waals surface area contributed by atoms with Crippen molar-refractivity contribution in [3.63, 3.8) is 0 Å². The molecule has 0 saturated heterocycles. The van der Waals surface area contributed by atoms with Gasteiger partial charge in [0.25, 0.3) is 0 Å². The Morgan fingerprint density at radius 3 is 2.25 bits per heavy atom. The SMILES string of the molecule is CO[Si](OC)(OCC(=O)O)c1ccccc1. The number of benzene rings is 1. The summed E-state index contributed by atoms with van der Waals surface area (Å²) in [5.74, 6) is -1.05. The van der Waals surface area contributed by atoms with Crippen molar-refractivity contribution in [2.24, 2.45) is 0 Å². The average Bonchev–Trinajstić information content (AvgIpc) is 2.32. The molecule has 1 aromatic carbocycles. The maximum Gasteiger partial charge on any atom is 0.537 e. The summed E-state index contributed by atoms with van der Waals surface area (Å²) in [5.41, 5.74) is 0. The molecule has 0 atom stereocenters. The van der Waals surface area contributed by atoms with Crippen LogP contribution >= 0.6 is 0 Å². The minimum atomic E-state index is -3.06. The minimum Gasteiger partial charge on any atom is -0.480 e. The van der Waals surface area contributed by atoms with E-state index in [1.165, 1.54) is 14.2 Å². The van der Waals surface area contributed by atoms with Crippen LogP contribution in [0.1, 0.15) is 0 Å². The molecule has 1 N–H and O–H groups in total. The van der Waals surface area contributed by atoms with E-state index in [0.717, 1.165) is 5.19 Å². The highest BCUT2D eigenvalue weighted by molar-refractivity contribution is 6.75. The van der Waals surface area contributed by atoms with E-state index in [9.17, 15) is 4.79 Å². The van der Waals surface area contributed by atoms with Crippen LogP contribution in [0.3, 0.4) is 0 Å². The zero-order valence-corrected chi connectivity index (χ0v) is 10.2. The second-order valence-electron chi connectivity index (χ2n) is 3.01. The molecule has 0 bridgehead atoms. The van der Waals surface area contributed by atoms with Gasteiger partial charge in [-0.3, -0.25) is 0 Å². The van der Waals surface area contributed by atoms with Gasteiger partial charge in [-0.2, -0.15) is 0 Å². The van der Waals surface area contributed by atoms with Crippen LogP contribution in [-0.4, -0.2) is 40.7 Å². The Hall–Kier alpha value is -1.21. The molecule has 1 aromatic rings. The predicted octanol–water partition coefficient (Wildman–Crippen LogP) is 0.226. The molecule has 0 aromatic heterocycles. The van der Waals surface area contributed by atoms with Crippen molar-refractivity contribution < 1.29 is 23.2 Å². The van der Waals surface area contributed by atoms with E-state index in [1.54, 1.807) is 12.1 Å². The van der Waals surface area contributed by atoms with Gasteiger partial charge in [0.05, 0.1) is 0 Å². The van der Waals surface area contributed by atoms with Crippen LogP contribution in [0.25, 0.3) is 0 Å². The monoisotopic (exact) mass is 242 g/mol. The first-order chi connectivity index (χ1) is 7.64. The number of aliphatic carboxylic acids is 1. The number of carboxylic acid groups (broad SMARTS) is 1. The highest BCUT2D eigenvalue weighted by Crippen LogP contribution is 2.07. The van der Waals surface area contributed by atoms with Crippen LogP contribution in [0.15, 0.2) is 30.3 Å². The highest BCUT2D eigenvalue weighted by atomic mass is 28.4. The normalized spacial score (nSPS) is 11.4. The van der Waals surface area contributed by atoms with E-state index in [2.05, 4.69) is 0 Å². The Morgan fingerprint density at radius 2 is 1.81 bits per heavy atom. The van der Waals surface area contributed by atoms with Crippen LogP contribution in [-0.2, 0) is 18.1 Å². The van der Waals surface area contributed by atoms with Crippen molar-refractivity contribution in [1.29, 1.82) is 0 Å². The van der Waals surface area contributed by atoms with Crippen molar-refractivity contribution in [2.45, 2.75) is 0 Å². The van der Waals surface area contributed by atoms with Crippen molar-refractivity contribution in [3.8, 4) is 0 Å². The lowest BCUT2D eigenvalue weighted by Gasteiger charge is -2.25. The molecule has 1 rings (SSSR count). The molecule has 0 spiro atoms. The second-order valence-corrected chi connectivity index (χ2v) is 5.81. The zero-order valence-electron chi connectivity index (χ0n) is 9.17. The number of hydrogen-bond acceptors (Lipinski definition) is 4. The molecule has 16 heavy (non-hydrogen) atoms. The third kappa shape index (κ3) is 2.89. The van der Waals surface area contributed by atoms with E-state index in [1.807, 2.05) is 18.2 Å². The van der Waals surface area contributed by atoms with Gasteiger partial charge in [0.1, 0.15) is 6.61 Å². The lowest BCUT2D eigenvalue weighted by Crippen LogP contribution is -2.56. The van der Waals surface area contributed by atoms with Crippen molar-refractivity contribution >= 4 is 20.0 Å². The maximum absolute atomic E-state index is 10.5. The molecule has 0 aliphatic carbocycles. The molecule has 5 nitrogen and oxygen atoms in total. The van der Waals surface area contributed by atoms with Crippen molar-refractivity contribution in [1.82, 2.24) is 0 Å². The fraction of sp³-hybridized carbons (Fsp3) is 0.300. The molecule has 0 unspecified atom stereocenters. The molecule has 0 radical (unpaired) electrons. The second kappa shape index (κ2) is 5.76. The molecule has 0 amide bonds. The van der Waals surface area contributed by atoms with E-state index in [0.29, 0.717) is 0 Å². The van der Waals surface area contributed by atoms with Gasteiger partial charge in [-0.1, -0.05) is 30.3 Å². The first-order valence-corrected chi connectivity index (χ1v) is 6.38. The van der Waals surface area contributed by atoms with Crippen molar-refractivity contribution in [2.75, 3.05) is 20.8 Å². The summed E-state index contributed by atoms with van der Waals surface area (Å²) in [6.07, 6.45) is 0. The van der Waals surface area contributed by atoms with Crippen LogP contribution in [0, 0.1) is 0 Å². The number of carboxylic acids is 1. The van der Waals surface area contributed by atoms with Gasteiger partial charge in [-0.15, -0.1) is 0 Å². The van der Waals surface area contributed by atoms with Crippen LogP contribution < -0.4 is 5.19 Å². The summed E-state index contributed by atoms with van der Waals surface area (Å²) in [6, 6.07) is 9.08. The standard InChI is InChI=1S/C10H14O5Si/c1-13-16(14-2,15-8-10(11)12)9-6-4-3-5-7-9/h3-7H,8H2,1-2H3,(H,11,12). The smallest absolute Gasteiger partial charge is 0.480 e. The number of hydrogen-bond donors (Lipinski definition) is 1. The van der Waals surface area contributed by atoms with Gasteiger partial charge in [-0.25, -0.2) is 4.79 Å². The molecular weight excluding hydrogens is 228 g/mol. The van der Waals surface area contributed by atoms with Gasteiger partial charge >= 0.3 is 14.8 Å². The molecule has 0 saturated carbocycles. The average molecular weight is 242 g/mol. The topological polar surface area (TPSA) is 65.0 Å². The highest BCUT2D eigenvalue weighted by Gasteiger charge is 2.42. The Morgan fingerprint density at radius 1 is 1.25 bits per heavy atom. The number of carbonyl (C=O) groups is 1. The Kier molecular flexibility index (Phi) is 4.63. The third-order valence-electron chi connectivity index (χ3n) is 2.05. The predicted molar refractivity (Wildman–Crippen MR) is 59.4 cm³/mol. The fourth-order valence-corrected chi connectivity index (χ4v) is 3.27. The Balaban J connectivity index is 2.92. The van der Waals surface area contributed by atoms with E-state index >= 15 is 0 Å². The fourth-order valence-electron chi connectivity index (χ4n) is 1.32. The van der Waals surface area contributed by atoms with Gasteiger partial charge in [0.15, 0.2) is 0 Å². The summed E-state index contributed by atoms with van der Waals surface area (Å²) >= 11 is 0. The number of rotatable bonds is 6. The Bertz CT molecular complexity index is 336. The van der Waals surface area contributed by atoms with Crippen LogP contribution in [0.4, 0.5) is 0 Å². The molecule has 0 aliphatic rings. The van der Waals surface area contributed by atoms with Gasteiger partial charge < -0.3 is 18.4 Å². The lowest BCUT2D eigenvalue weighted by molar-refractivity contribution is -0.140. The first kappa shape index (κ1) is 12.9. The Labute approximate surface area is 94.9 Å². The molecule has 0 fully saturated rings. The molecular formula is C10H14O5Si. The maximum atomic E-state index is 10.5. The van der Waals surface area contributed by atoms with Crippen LogP contribution in [0.5, 0.6) is 0 Å². The van der Waals surface area contributed by atoms with Gasteiger partial charge in [0, 0.05) is 19.4 Å². The van der Waals surface area contributed by atoms with Gasteiger partial charge in [-0.05, 0) is 0 Å². The summed E-state index contributed by atoms with van der Waals surface area (Å²) < 4.78 is 15.8. The van der Waals surface area contributed by atoms with Gasteiger partial charge in [0.2, 0.25) is 0 Å². The molecule has 6 heteroatoms. The summed E-state index contributed by atoms with van der Waals surface area (Å²) in [7, 11) is -0.165. The summed E-state index contributed by atoms with van der Waals surface area (Å²) in [4.78, 5) is 10.5. The van der Waals surface area contributed by atoms with E-state index < -0.39 is 21.4 Å². The quantitative estimate of drug-likeness (QED) is 0.723.